The number of carboxylic acid groups (broad SMARTS) is 1. The van der Waals surface area contributed by atoms with Gasteiger partial charge in [-0.05, 0) is 55.2 Å². The average Bonchev–Trinajstić information content (AvgIpc) is 2.75. The van der Waals surface area contributed by atoms with E-state index in [0.717, 1.165) is 46.6 Å². The standard InChI is InChI=1S/C25H27ClO5S/c1-3-6-19-21(9-8-18-15-17(4-2)25(29)31-24(18)19)30-11-5-12-32-22-10-7-16(13-20(22)26)14-23(27)28/h7-10,13,15H,3-6,11-12,14H2,1-2H3,(H,27,28). The summed E-state index contributed by atoms with van der Waals surface area (Å²) in [5.41, 5.74) is 2.65. The van der Waals surface area contributed by atoms with Crippen LogP contribution in [0, 0.1) is 0 Å². The second-order valence-electron chi connectivity index (χ2n) is 7.51. The Labute approximate surface area is 196 Å². The van der Waals surface area contributed by atoms with Gasteiger partial charge in [-0.2, -0.15) is 0 Å². The fourth-order valence-electron chi connectivity index (χ4n) is 3.50. The number of hydrogen-bond donors (Lipinski definition) is 1. The molecular weight excluding hydrogens is 448 g/mol. The van der Waals surface area contributed by atoms with Crippen LogP contribution in [0.4, 0.5) is 0 Å². The van der Waals surface area contributed by atoms with Crippen molar-refractivity contribution in [2.45, 2.75) is 50.8 Å². The summed E-state index contributed by atoms with van der Waals surface area (Å²) in [6.45, 7) is 4.56. The molecule has 0 aliphatic rings. The van der Waals surface area contributed by atoms with E-state index in [2.05, 4.69) is 6.92 Å². The van der Waals surface area contributed by atoms with Gasteiger partial charge in [0.2, 0.25) is 0 Å². The minimum atomic E-state index is -0.875. The molecule has 3 rings (SSSR count). The highest BCUT2D eigenvalue weighted by atomic mass is 35.5. The number of fused-ring (bicyclic) bond motifs is 1. The molecule has 0 bridgehead atoms. The highest BCUT2D eigenvalue weighted by molar-refractivity contribution is 7.99. The molecule has 0 radical (unpaired) electrons. The molecule has 0 saturated carbocycles. The molecule has 2 aromatic carbocycles. The van der Waals surface area contributed by atoms with Crippen molar-refractivity contribution in [1.29, 1.82) is 0 Å². The van der Waals surface area contributed by atoms with Crippen molar-refractivity contribution in [2.75, 3.05) is 12.4 Å². The number of aryl methyl sites for hydroxylation is 2. The summed E-state index contributed by atoms with van der Waals surface area (Å²) in [5, 5.41) is 10.4. The average molecular weight is 475 g/mol. The van der Waals surface area contributed by atoms with Crippen LogP contribution in [0.15, 0.2) is 50.5 Å². The number of rotatable bonds is 11. The zero-order chi connectivity index (χ0) is 23.1. The maximum Gasteiger partial charge on any atom is 0.339 e. The molecule has 5 nitrogen and oxygen atoms in total. The number of ether oxygens (including phenoxy) is 1. The molecule has 0 aliphatic carbocycles. The second-order valence-corrected chi connectivity index (χ2v) is 9.05. The van der Waals surface area contributed by atoms with E-state index in [9.17, 15) is 9.59 Å². The van der Waals surface area contributed by atoms with Crippen LogP contribution in [0.3, 0.4) is 0 Å². The maximum atomic E-state index is 12.2. The summed E-state index contributed by atoms with van der Waals surface area (Å²) >= 11 is 7.90. The van der Waals surface area contributed by atoms with Crippen molar-refractivity contribution < 1.29 is 19.1 Å². The van der Waals surface area contributed by atoms with Crippen molar-refractivity contribution in [3.8, 4) is 5.75 Å². The number of halogens is 1. The van der Waals surface area contributed by atoms with Crippen LogP contribution in [0.1, 0.15) is 43.4 Å². The molecule has 3 aromatic rings. The van der Waals surface area contributed by atoms with E-state index >= 15 is 0 Å². The lowest BCUT2D eigenvalue weighted by molar-refractivity contribution is -0.136. The second kappa shape index (κ2) is 11.4. The molecule has 0 unspecified atom stereocenters. The molecule has 32 heavy (non-hydrogen) atoms. The van der Waals surface area contributed by atoms with E-state index in [0.29, 0.717) is 34.8 Å². The minimum Gasteiger partial charge on any atom is -0.493 e. The topological polar surface area (TPSA) is 76.7 Å². The van der Waals surface area contributed by atoms with E-state index in [1.165, 1.54) is 0 Å². The number of carboxylic acids is 1. The van der Waals surface area contributed by atoms with Crippen molar-refractivity contribution in [3.05, 3.63) is 68.5 Å². The van der Waals surface area contributed by atoms with Crippen molar-refractivity contribution in [2.24, 2.45) is 0 Å². The lowest BCUT2D eigenvalue weighted by Gasteiger charge is -2.13. The zero-order valence-corrected chi connectivity index (χ0v) is 19.9. The van der Waals surface area contributed by atoms with Crippen LogP contribution in [-0.2, 0) is 24.1 Å². The van der Waals surface area contributed by atoms with Gasteiger partial charge in [0, 0.05) is 27.2 Å². The van der Waals surface area contributed by atoms with Crippen LogP contribution < -0.4 is 10.4 Å². The van der Waals surface area contributed by atoms with Gasteiger partial charge in [0.05, 0.1) is 18.1 Å². The monoisotopic (exact) mass is 474 g/mol. The smallest absolute Gasteiger partial charge is 0.339 e. The molecule has 170 valence electrons. The Morgan fingerprint density at radius 1 is 1.19 bits per heavy atom. The van der Waals surface area contributed by atoms with Gasteiger partial charge in [-0.15, -0.1) is 11.8 Å². The largest absolute Gasteiger partial charge is 0.493 e. The van der Waals surface area contributed by atoms with Gasteiger partial charge in [-0.1, -0.05) is 37.9 Å². The summed E-state index contributed by atoms with van der Waals surface area (Å²) in [5.74, 6) is 0.691. The summed E-state index contributed by atoms with van der Waals surface area (Å²) < 4.78 is 11.7. The van der Waals surface area contributed by atoms with Crippen molar-refractivity contribution in [1.82, 2.24) is 0 Å². The van der Waals surface area contributed by atoms with Crippen LogP contribution in [0.5, 0.6) is 5.75 Å². The lowest BCUT2D eigenvalue weighted by Crippen LogP contribution is -2.08. The third kappa shape index (κ3) is 6.08. The first-order valence-corrected chi connectivity index (χ1v) is 12.1. The third-order valence-corrected chi connectivity index (χ3v) is 6.66. The molecule has 7 heteroatoms. The number of hydrogen-bond acceptors (Lipinski definition) is 5. The first kappa shape index (κ1) is 24.2. The molecule has 1 N–H and O–H groups in total. The quantitative estimate of drug-likeness (QED) is 0.204. The van der Waals surface area contributed by atoms with Gasteiger partial charge >= 0.3 is 11.6 Å². The number of thioether (sulfide) groups is 1. The molecule has 0 aliphatic heterocycles. The molecule has 0 amide bonds. The fourth-order valence-corrected chi connectivity index (χ4v) is 4.71. The van der Waals surface area contributed by atoms with Crippen molar-refractivity contribution in [3.63, 3.8) is 0 Å². The number of aliphatic carboxylic acids is 1. The molecule has 0 saturated heterocycles. The predicted octanol–water partition coefficient (Wildman–Crippen LogP) is 6.15. The van der Waals surface area contributed by atoms with Crippen LogP contribution in [0.25, 0.3) is 11.0 Å². The first-order chi connectivity index (χ1) is 15.4. The van der Waals surface area contributed by atoms with Gasteiger partial charge < -0.3 is 14.3 Å². The number of carbonyl (C=O) groups is 1. The summed E-state index contributed by atoms with van der Waals surface area (Å²) in [6, 6.07) is 11.2. The summed E-state index contributed by atoms with van der Waals surface area (Å²) in [6.07, 6.45) is 3.10. The fraction of sp³-hybridized carbons (Fsp3) is 0.360. The van der Waals surface area contributed by atoms with Crippen LogP contribution >= 0.6 is 23.4 Å². The molecule has 0 spiro atoms. The van der Waals surface area contributed by atoms with Gasteiger partial charge in [-0.3, -0.25) is 4.79 Å². The van der Waals surface area contributed by atoms with E-state index in [-0.39, 0.29) is 12.0 Å². The van der Waals surface area contributed by atoms with Gasteiger partial charge in [0.1, 0.15) is 11.3 Å². The summed E-state index contributed by atoms with van der Waals surface area (Å²) in [7, 11) is 0. The Bertz CT molecular complexity index is 1160. The maximum absolute atomic E-state index is 12.2. The minimum absolute atomic E-state index is 0.0375. The Kier molecular flexibility index (Phi) is 8.65. The van der Waals surface area contributed by atoms with Gasteiger partial charge in [0.25, 0.3) is 0 Å². The SMILES string of the molecule is CCCc1c(OCCCSc2ccc(CC(=O)O)cc2Cl)ccc2cc(CC)c(=O)oc12. The van der Waals surface area contributed by atoms with E-state index in [4.69, 9.17) is 25.9 Å². The summed E-state index contributed by atoms with van der Waals surface area (Å²) in [4.78, 5) is 24.0. The van der Waals surface area contributed by atoms with Crippen LogP contribution in [0.2, 0.25) is 5.02 Å². The predicted molar refractivity (Wildman–Crippen MR) is 129 cm³/mol. The number of benzene rings is 2. The molecule has 1 aromatic heterocycles. The Balaban J connectivity index is 1.62. The van der Waals surface area contributed by atoms with E-state index < -0.39 is 5.97 Å². The first-order valence-electron chi connectivity index (χ1n) is 10.8. The Morgan fingerprint density at radius 3 is 2.69 bits per heavy atom. The van der Waals surface area contributed by atoms with Crippen LogP contribution in [-0.4, -0.2) is 23.4 Å². The molecular formula is C25H27ClO5S. The van der Waals surface area contributed by atoms with Gasteiger partial charge in [-0.25, -0.2) is 4.79 Å². The van der Waals surface area contributed by atoms with E-state index in [1.54, 1.807) is 23.9 Å². The molecule has 0 atom stereocenters. The third-order valence-electron chi connectivity index (χ3n) is 5.07. The van der Waals surface area contributed by atoms with E-state index in [1.807, 2.05) is 31.2 Å². The molecule has 0 fully saturated rings. The van der Waals surface area contributed by atoms with Crippen molar-refractivity contribution >= 4 is 40.3 Å². The Hall–Kier alpha value is -2.44. The normalized spacial score (nSPS) is 11.1. The highest BCUT2D eigenvalue weighted by Crippen LogP contribution is 2.31. The molecule has 1 heterocycles. The lowest BCUT2D eigenvalue weighted by atomic mass is 10.0. The zero-order valence-electron chi connectivity index (χ0n) is 18.3. The Morgan fingerprint density at radius 2 is 2.00 bits per heavy atom. The highest BCUT2D eigenvalue weighted by Gasteiger charge is 2.13. The van der Waals surface area contributed by atoms with Gasteiger partial charge in [0.15, 0.2) is 0 Å².